The van der Waals surface area contributed by atoms with Crippen molar-refractivity contribution in [2.24, 2.45) is 0 Å². The minimum absolute atomic E-state index is 0.0334. The van der Waals surface area contributed by atoms with Gasteiger partial charge in [0.05, 0.1) is 9.79 Å². The van der Waals surface area contributed by atoms with Crippen LogP contribution in [0.2, 0.25) is 0 Å². The van der Waals surface area contributed by atoms with E-state index in [0.29, 0.717) is 0 Å². The average Bonchev–Trinajstić information content (AvgIpc) is 2.62. The van der Waals surface area contributed by atoms with Gasteiger partial charge in [-0.25, -0.2) is 21.6 Å². The summed E-state index contributed by atoms with van der Waals surface area (Å²) in [7, 11) is -8.07. The van der Waals surface area contributed by atoms with E-state index in [0.717, 1.165) is 40.7 Å². The van der Waals surface area contributed by atoms with Gasteiger partial charge in [-0.1, -0.05) is 6.92 Å². The predicted octanol–water partition coefficient (Wildman–Crippen LogP) is 0.498. The number of benzene rings is 2. The van der Waals surface area contributed by atoms with E-state index in [1.165, 1.54) is 0 Å². The molecule has 0 saturated carbocycles. The van der Waals surface area contributed by atoms with Crippen molar-refractivity contribution in [1.29, 1.82) is 0 Å². The van der Waals surface area contributed by atoms with Crippen LogP contribution in [0.5, 0.6) is 23.0 Å². The van der Waals surface area contributed by atoms with Crippen molar-refractivity contribution in [3.05, 3.63) is 36.4 Å². The number of hydrogen-bond acceptors (Lipinski definition) is 8. The van der Waals surface area contributed by atoms with Crippen LogP contribution in [0.15, 0.2) is 46.2 Å². The summed E-state index contributed by atoms with van der Waals surface area (Å²) >= 11 is 0. The first kappa shape index (κ1) is 21.8. The number of phenolic OH excluding ortho intramolecular Hbond substituents is 4. The first-order chi connectivity index (χ1) is 13.0. The van der Waals surface area contributed by atoms with Gasteiger partial charge in [0.15, 0.2) is 23.0 Å². The summed E-state index contributed by atoms with van der Waals surface area (Å²) in [6.07, 6.45) is 0. The van der Waals surface area contributed by atoms with Gasteiger partial charge in [-0.05, 0) is 24.3 Å². The molecule has 0 aliphatic heterocycles. The van der Waals surface area contributed by atoms with E-state index in [1.807, 2.05) is 0 Å². The zero-order valence-corrected chi connectivity index (χ0v) is 16.4. The summed E-state index contributed by atoms with van der Waals surface area (Å²) < 4.78 is 52.9. The Hall–Kier alpha value is -2.54. The summed E-state index contributed by atoms with van der Waals surface area (Å²) in [4.78, 5) is -0.548. The highest BCUT2D eigenvalue weighted by Crippen LogP contribution is 2.29. The molecule has 12 heteroatoms. The maximum atomic E-state index is 12.6. The molecule has 0 fully saturated rings. The molecule has 0 unspecified atom stereocenters. The highest BCUT2D eigenvalue weighted by Gasteiger charge is 2.25. The third-order valence-corrected chi connectivity index (χ3v) is 7.28. The van der Waals surface area contributed by atoms with Gasteiger partial charge in [0.1, 0.15) is 0 Å². The van der Waals surface area contributed by atoms with Gasteiger partial charge >= 0.3 is 0 Å². The molecule has 2 rings (SSSR count). The normalized spacial score (nSPS) is 12.4. The molecule has 0 atom stereocenters. The molecule has 2 aromatic carbocycles. The second-order valence-corrected chi connectivity index (χ2v) is 9.40. The molecule has 154 valence electrons. The van der Waals surface area contributed by atoms with Crippen LogP contribution in [-0.4, -0.2) is 61.2 Å². The molecule has 0 aliphatic carbocycles. The van der Waals surface area contributed by atoms with Gasteiger partial charge in [-0.15, -0.1) is 0 Å². The standard InChI is InChI=1S/C16H20N2O8S2/c1-2-18(28(25,26)12-4-6-14(20)16(22)10-12)8-7-17-27(23,24)11-3-5-13(19)15(21)9-11/h3-6,9-10,17,19-22H,2,7-8H2,1H3. The Bertz CT molecular complexity index is 1070. The summed E-state index contributed by atoms with van der Waals surface area (Å²) in [5.74, 6) is -2.14. The second-order valence-electron chi connectivity index (χ2n) is 5.70. The van der Waals surface area contributed by atoms with Crippen LogP contribution in [-0.2, 0) is 20.0 Å². The molecule has 0 amide bonds. The van der Waals surface area contributed by atoms with Crippen LogP contribution in [0.3, 0.4) is 0 Å². The fourth-order valence-corrected chi connectivity index (χ4v) is 4.83. The molecular formula is C16H20N2O8S2. The predicted molar refractivity (Wildman–Crippen MR) is 99.2 cm³/mol. The molecule has 0 radical (unpaired) electrons. The summed E-state index contributed by atoms with van der Waals surface area (Å²) in [5, 5.41) is 37.5. The SMILES string of the molecule is CCN(CCNS(=O)(=O)c1ccc(O)c(O)c1)S(=O)(=O)c1ccc(O)c(O)c1. The van der Waals surface area contributed by atoms with Crippen molar-refractivity contribution in [3.63, 3.8) is 0 Å². The number of phenols is 4. The van der Waals surface area contributed by atoms with Crippen molar-refractivity contribution < 1.29 is 37.3 Å². The van der Waals surface area contributed by atoms with Gasteiger partial charge in [-0.3, -0.25) is 0 Å². The van der Waals surface area contributed by atoms with Gasteiger partial charge in [-0.2, -0.15) is 4.31 Å². The van der Waals surface area contributed by atoms with Crippen molar-refractivity contribution in [2.45, 2.75) is 16.7 Å². The van der Waals surface area contributed by atoms with Crippen molar-refractivity contribution in [2.75, 3.05) is 19.6 Å². The lowest BCUT2D eigenvalue weighted by molar-refractivity contribution is 0.400. The van der Waals surface area contributed by atoms with Gasteiger partial charge < -0.3 is 20.4 Å². The highest BCUT2D eigenvalue weighted by molar-refractivity contribution is 7.89. The van der Waals surface area contributed by atoms with Crippen LogP contribution in [0, 0.1) is 0 Å². The molecule has 0 spiro atoms. The molecular weight excluding hydrogens is 412 g/mol. The molecule has 10 nitrogen and oxygen atoms in total. The maximum absolute atomic E-state index is 12.6. The molecule has 0 heterocycles. The van der Waals surface area contributed by atoms with E-state index in [1.54, 1.807) is 6.92 Å². The highest BCUT2D eigenvalue weighted by atomic mass is 32.2. The Kier molecular flexibility index (Phi) is 6.39. The van der Waals surface area contributed by atoms with Gasteiger partial charge in [0.25, 0.3) is 0 Å². The minimum Gasteiger partial charge on any atom is -0.504 e. The number of likely N-dealkylation sites (N-methyl/N-ethyl adjacent to an activating group) is 1. The van der Waals surface area contributed by atoms with E-state index in [2.05, 4.69) is 4.72 Å². The summed E-state index contributed by atoms with van der Waals surface area (Å²) in [5.41, 5.74) is 0. The topological polar surface area (TPSA) is 164 Å². The lowest BCUT2D eigenvalue weighted by atomic mass is 10.3. The first-order valence-electron chi connectivity index (χ1n) is 8.03. The molecule has 5 N–H and O–H groups in total. The Labute approximate surface area is 162 Å². The molecule has 2 aromatic rings. The average molecular weight is 432 g/mol. The molecule has 28 heavy (non-hydrogen) atoms. The van der Waals surface area contributed by atoms with Crippen LogP contribution >= 0.6 is 0 Å². The van der Waals surface area contributed by atoms with Gasteiger partial charge in [0.2, 0.25) is 20.0 Å². The van der Waals surface area contributed by atoms with Crippen molar-refractivity contribution in [3.8, 4) is 23.0 Å². The fraction of sp³-hybridized carbons (Fsp3) is 0.250. The number of hydrogen-bond donors (Lipinski definition) is 5. The van der Waals surface area contributed by atoms with E-state index >= 15 is 0 Å². The molecule has 0 aliphatic rings. The monoisotopic (exact) mass is 432 g/mol. The van der Waals surface area contributed by atoms with Crippen LogP contribution in [0.4, 0.5) is 0 Å². The third kappa shape index (κ3) is 4.65. The Morgan fingerprint density at radius 3 is 1.82 bits per heavy atom. The third-order valence-electron chi connectivity index (χ3n) is 3.85. The van der Waals surface area contributed by atoms with Crippen LogP contribution < -0.4 is 4.72 Å². The smallest absolute Gasteiger partial charge is 0.243 e. The number of nitrogens with zero attached hydrogens (tertiary/aromatic N) is 1. The van der Waals surface area contributed by atoms with Crippen molar-refractivity contribution >= 4 is 20.0 Å². The molecule has 0 aromatic heterocycles. The van der Waals surface area contributed by atoms with Crippen LogP contribution in [0.25, 0.3) is 0 Å². The van der Waals surface area contributed by atoms with E-state index < -0.39 is 43.0 Å². The van der Waals surface area contributed by atoms with E-state index in [4.69, 9.17) is 0 Å². The Balaban J connectivity index is 2.12. The van der Waals surface area contributed by atoms with Crippen LogP contribution in [0.1, 0.15) is 6.92 Å². The molecule has 0 bridgehead atoms. The van der Waals surface area contributed by atoms with Gasteiger partial charge in [0, 0.05) is 31.8 Å². The summed E-state index contributed by atoms with van der Waals surface area (Å²) in [6.45, 7) is 1.13. The van der Waals surface area contributed by atoms with E-state index in [-0.39, 0.29) is 29.4 Å². The zero-order chi connectivity index (χ0) is 21.1. The largest absolute Gasteiger partial charge is 0.504 e. The number of nitrogens with one attached hydrogen (secondary N) is 1. The zero-order valence-electron chi connectivity index (χ0n) is 14.8. The lowest BCUT2D eigenvalue weighted by Gasteiger charge is -2.21. The van der Waals surface area contributed by atoms with E-state index in [9.17, 15) is 37.3 Å². The number of sulfonamides is 2. The second kappa shape index (κ2) is 8.22. The first-order valence-corrected chi connectivity index (χ1v) is 10.9. The fourth-order valence-electron chi connectivity index (χ4n) is 2.32. The lowest BCUT2D eigenvalue weighted by Crippen LogP contribution is -2.38. The maximum Gasteiger partial charge on any atom is 0.243 e. The van der Waals surface area contributed by atoms with Crippen molar-refractivity contribution in [1.82, 2.24) is 9.03 Å². The number of aromatic hydroxyl groups is 4. The number of rotatable bonds is 8. The quantitative estimate of drug-likeness (QED) is 0.376. The summed E-state index contributed by atoms with van der Waals surface area (Å²) in [6, 6.07) is 6.03. The Morgan fingerprint density at radius 2 is 1.32 bits per heavy atom. The minimum atomic E-state index is -4.04. The molecule has 0 saturated heterocycles. The Morgan fingerprint density at radius 1 is 0.821 bits per heavy atom.